The van der Waals surface area contributed by atoms with Crippen LogP contribution in [0.15, 0.2) is 47.4 Å². The molecule has 8 heteroatoms. The summed E-state index contributed by atoms with van der Waals surface area (Å²) in [7, 11) is -4.11. The summed E-state index contributed by atoms with van der Waals surface area (Å²) in [6.45, 7) is 0. The third-order valence-corrected chi connectivity index (χ3v) is 4.86. The molecule has 0 aliphatic heterocycles. The zero-order valence-corrected chi connectivity index (χ0v) is 13.2. The number of carbonyl (C=O) groups is 1. The number of benzene rings is 2. The molecule has 0 spiro atoms. The number of amides is 1. The van der Waals surface area contributed by atoms with Gasteiger partial charge in [-0.25, -0.2) is 17.2 Å². The Kier molecular flexibility index (Phi) is 4.23. The molecule has 1 aliphatic rings. The number of carbonyl (C=O) groups excluding carboxylic acids is 1. The fourth-order valence-corrected chi connectivity index (χ4v) is 3.19. The number of sulfonamides is 1. The predicted molar refractivity (Wildman–Crippen MR) is 84.1 cm³/mol. The standard InChI is InChI=1S/C16H14F2N2O3S/c17-11-4-7-15(14(18)9-11)20-24(22,23)13-3-1-2-10(8-13)16(21)19-12-5-6-12/h1-4,7-9,12,20H,5-6H2,(H,19,21). The van der Waals surface area contributed by atoms with Gasteiger partial charge in [0.15, 0.2) is 0 Å². The van der Waals surface area contributed by atoms with Crippen LogP contribution in [0.1, 0.15) is 23.2 Å². The van der Waals surface area contributed by atoms with Gasteiger partial charge in [-0.15, -0.1) is 0 Å². The fourth-order valence-electron chi connectivity index (χ4n) is 2.08. The third-order valence-electron chi connectivity index (χ3n) is 3.49. The van der Waals surface area contributed by atoms with Crippen LogP contribution in [0.5, 0.6) is 0 Å². The Morgan fingerprint density at radius 1 is 1.08 bits per heavy atom. The summed E-state index contributed by atoms with van der Waals surface area (Å²) in [5.74, 6) is -2.20. The molecule has 5 nitrogen and oxygen atoms in total. The minimum absolute atomic E-state index is 0.143. The van der Waals surface area contributed by atoms with E-state index in [1.165, 1.54) is 24.3 Å². The highest BCUT2D eigenvalue weighted by Gasteiger charge is 2.24. The van der Waals surface area contributed by atoms with E-state index in [4.69, 9.17) is 0 Å². The second-order valence-electron chi connectivity index (χ2n) is 5.51. The van der Waals surface area contributed by atoms with Crippen molar-refractivity contribution in [2.45, 2.75) is 23.8 Å². The molecule has 1 amide bonds. The molecule has 24 heavy (non-hydrogen) atoms. The van der Waals surface area contributed by atoms with E-state index in [0.717, 1.165) is 25.0 Å². The average molecular weight is 352 g/mol. The Balaban J connectivity index is 1.84. The molecule has 1 aliphatic carbocycles. The van der Waals surface area contributed by atoms with Crippen molar-refractivity contribution < 1.29 is 22.0 Å². The number of hydrogen-bond acceptors (Lipinski definition) is 3. The minimum atomic E-state index is -4.11. The van der Waals surface area contributed by atoms with Crippen LogP contribution in [-0.2, 0) is 10.0 Å². The SMILES string of the molecule is O=C(NC1CC1)c1cccc(S(=O)(=O)Nc2ccc(F)cc2F)c1. The Morgan fingerprint density at radius 2 is 1.83 bits per heavy atom. The van der Waals surface area contributed by atoms with Crippen LogP contribution >= 0.6 is 0 Å². The normalized spacial score (nSPS) is 14.2. The lowest BCUT2D eigenvalue weighted by Crippen LogP contribution is -2.25. The lowest BCUT2D eigenvalue weighted by molar-refractivity contribution is 0.0951. The summed E-state index contributed by atoms with van der Waals surface area (Å²) >= 11 is 0. The van der Waals surface area contributed by atoms with Crippen molar-refractivity contribution in [2.24, 2.45) is 0 Å². The fraction of sp³-hybridized carbons (Fsp3) is 0.188. The van der Waals surface area contributed by atoms with E-state index in [9.17, 15) is 22.0 Å². The van der Waals surface area contributed by atoms with Gasteiger partial charge in [-0.3, -0.25) is 9.52 Å². The van der Waals surface area contributed by atoms with Gasteiger partial charge in [0.2, 0.25) is 0 Å². The molecule has 0 radical (unpaired) electrons. The van der Waals surface area contributed by atoms with Crippen molar-refractivity contribution in [1.29, 1.82) is 0 Å². The summed E-state index contributed by atoms with van der Waals surface area (Å²) in [5.41, 5.74) is -0.173. The van der Waals surface area contributed by atoms with Crippen molar-refractivity contribution in [1.82, 2.24) is 5.32 Å². The van der Waals surface area contributed by atoms with Crippen LogP contribution < -0.4 is 10.0 Å². The van der Waals surface area contributed by atoms with E-state index in [0.29, 0.717) is 6.07 Å². The minimum Gasteiger partial charge on any atom is -0.349 e. The summed E-state index contributed by atoms with van der Waals surface area (Å²) in [6.07, 6.45) is 1.82. The molecular weight excluding hydrogens is 338 g/mol. The Bertz CT molecular complexity index is 896. The highest BCUT2D eigenvalue weighted by atomic mass is 32.2. The van der Waals surface area contributed by atoms with Crippen LogP contribution in [0, 0.1) is 11.6 Å². The van der Waals surface area contributed by atoms with Crippen LogP contribution in [0.25, 0.3) is 0 Å². The van der Waals surface area contributed by atoms with Crippen LogP contribution in [-0.4, -0.2) is 20.4 Å². The van der Waals surface area contributed by atoms with Crippen molar-refractivity contribution >= 4 is 21.6 Å². The Morgan fingerprint density at radius 3 is 2.50 bits per heavy atom. The quantitative estimate of drug-likeness (QED) is 0.869. The summed E-state index contributed by atoms with van der Waals surface area (Å²) in [5, 5.41) is 2.76. The first-order valence-electron chi connectivity index (χ1n) is 7.24. The van der Waals surface area contributed by atoms with Gasteiger partial charge in [0.1, 0.15) is 11.6 Å². The Labute approximate surface area is 137 Å². The van der Waals surface area contributed by atoms with Gasteiger partial charge in [-0.1, -0.05) is 6.07 Å². The monoisotopic (exact) mass is 352 g/mol. The van der Waals surface area contributed by atoms with Gasteiger partial charge in [-0.2, -0.15) is 0 Å². The summed E-state index contributed by atoms with van der Waals surface area (Å²) in [4.78, 5) is 11.8. The van der Waals surface area contributed by atoms with E-state index in [1.54, 1.807) is 0 Å². The smallest absolute Gasteiger partial charge is 0.262 e. The first-order valence-corrected chi connectivity index (χ1v) is 8.72. The summed E-state index contributed by atoms with van der Waals surface area (Å²) in [6, 6.07) is 8.08. The van der Waals surface area contributed by atoms with Gasteiger partial charge < -0.3 is 5.32 Å². The molecule has 0 bridgehead atoms. The van der Waals surface area contributed by atoms with E-state index in [2.05, 4.69) is 5.32 Å². The average Bonchev–Trinajstić information content (AvgIpc) is 3.34. The topological polar surface area (TPSA) is 75.3 Å². The first-order chi connectivity index (χ1) is 11.3. The zero-order valence-electron chi connectivity index (χ0n) is 12.4. The van der Waals surface area contributed by atoms with Crippen molar-refractivity contribution in [3.05, 3.63) is 59.7 Å². The Hall–Kier alpha value is -2.48. The van der Waals surface area contributed by atoms with Gasteiger partial charge in [0.25, 0.3) is 15.9 Å². The maximum atomic E-state index is 13.6. The number of hydrogen-bond donors (Lipinski definition) is 2. The zero-order chi connectivity index (χ0) is 17.3. The highest BCUT2D eigenvalue weighted by Crippen LogP contribution is 2.22. The first kappa shape index (κ1) is 16.4. The maximum absolute atomic E-state index is 13.6. The van der Waals surface area contributed by atoms with E-state index < -0.39 is 21.7 Å². The van der Waals surface area contributed by atoms with Gasteiger partial charge >= 0.3 is 0 Å². The molecule has 2 N–H and O–H groups in total. The molecule has 2 aromatic rings. The molecule has 1 fully saturated rings. The number of halogens is 2. The van der Waals surface area contributed by atoms with Crippen molar-refractivity contribution in [3.8, 4) is 0 Å². The van der Waals surface area contributed by atoms with Gasteiger partial charge in [0, 0.05) is 17.7 Å². The van der Waals surface area contributed by atoms with Crippen molar-refractivity contribution in [3.63, 3.8) is 0 Å². The van der Waals surface area contributed by atoms with Crippen molar-refractivity contribution in [2.75, 3.05) is 4.72 Å². The highest BCUT2D eigenvalue weighted by molar-refractivity contribution is 7.92. The molecule has 3 rings (SSSR count). The second-order valence-corrected chi connectivity index (χ2v) is 7.19. The molecule has 126 valence electrons. The molecule has 1 saturated carbocycles. The van der Waals surface area contributed by atoms with Gasteiger partial charge in [0.05, 0.1) is 10.6 Å². The molecule has 0 aromatic heterocycles. The van der Waals surface area contributed by atoms with Crippen LogP contribution in [0.3, 0.4) is 0 Å². The number of anilines is 1. The third kappa shape index (κ3) is 3.70. The largest absolute Gasteiger partial charge is 0.349 e. The number of rotatable bonds is 5. The molecule has 0 unspecified atom stereocenters. The predicted octanol–water partition coefficient (Wildman–Crippen LogP) is 2.66. The lowest BCUT2D eigenvalue weighted by Gasteiger charge is -2.10. The van der Waals surface area contributed by atoms with Crippen LogP contribution in [0.2, 0.25) is 0 Å². The maximum Gasteiger partial charge on any atom is 0.262 e. The lowest BCUT2D eigenvalue weighted by atomic mass is 10.2. The molecular formula is C16H14F2N2O3S. The molecule has 0 saturated heterocycles. The molecule has 0 atom stereocenters. The van der Waals surface area contributed by atoms with Gasteiger partial charge in [-0.05, 0) is 43.2 Å². The second kappa shape index (κ2) is 6.20. The number of nitrogens with one attached hydrogen (secondary N) is 2. The van der Waals surface area contributed by atoms with E-state index in [1.807, 2.05) is 4.72 Å². The van der Waals surface area contributed by atoms with E-state index in [-0.39, 0.29) is 28.1 Å². The van der Waals surface area contributed by atoms with E-state index >= 15 is 0 Å². The molecule has 0 heterocycles. The molecule has 2 aromatic carbocycles. The summed E-state index contributed by atoms with van der Waals surface area (Å²) < 4.78 is 53.3. The van der Waals surface area contributed by atoms with Crippen LogP contribution in [0.4, 0.5) is 14.5 Å².